The topological polar surface area (TPSA) is 0 Å². The SMILES string of the molecule is Cl.Fc1cccc(F)c1. The minimum atomic E-state index is -0.537. The van der Waals surface area contributed by atoms with Gasteiger partial charge in [-0.15, -0.1) is 12.4 Å². The second kappa shape index (κ2) is 3.41. The van der Waals surface area contributed by atoms with Crippen molar-refractivity contribution < 1.29 is 8.78 Å². The van der Waals surface area contributed by atoms with Gasteiger partial charge in [-0.25, -0.2) is 8.78 Å². The van der Waals surface area contributed by atoms with E-state index < -0.39 is 11.6 Å². The molecule has 0 atom stereocenters. The molecule has 0 nitrogen and oxygen atoms in total. The van der Waals surface area contributed by atoms with E-state index >= 15 is 0 Å². The van der Waals surface area contributed by atoms with E-state index in [4.69, 9.17) is 0 Å². The van der Waals surface area contributed by atoms with E-state index in [1.807, 2.05) is 0 Å². The summed E-state index contributed by atoms with van der Waals surface area (Å²) in [6.07, 6.45) is 0. The first-order valence-electron chi connectivity index (χ1n) is 2.20. The molecule has 50 valence electrons. The Bertz CT molecular complexity index is 171. The van der Waals surface area contributed by atoms with Crippen LogP contribution in [0.4, 0.5) is 8.78 Å². The molecule has 0 amide bonds. The molecule has 0 aromatic heterocycles. The van der Waals surface area contributed by atoms with Gasteiger partial charge in [-0.2, -0.15) is 0 Å². The second-order valence-corrected chi connectivity index (χ2v) is 1.44. The molecular formula is C6H5ClF2. The predicted octanol–water partition coefficient (Wildman–Crippen LogP) is 2.39. The molecule has 0 spiro atoms. The number of rotatable bonds is 0. The maximum absolute atomic E-state index is 11.9. The second-order valence-electron chi connectivity index (χ2n) is 1.44. The van der Waals surface area contributed by atoms with Crippen molar-refractivity contribution in [1.82, 2.24) is 0 Å². The van der Waals surface area contributed by atoms with Crippen LogP contribution in [0.15, 0.2) is 24.3 Å². The Morgan fingerprint density at radius 1 is 1.00 bits per heavy atom. The fourth-order valence-electron chi connectivity index (χ4n) is 0.460. The van der Waals surface area contributed by atoms with Gasteiger partial charge in [0.25, 0.3) is 0 Å². The maximum atomic E-state index is 11.9. The highest BCUT2D eigenvalue weighted by atomic mass is 35.5. The summed E-state index contributed by atoms with van der Waals surface area (Å²) in [5.41, 5.74) is 0. The molecule has 1 rings (SSSR count). The third kappa shape index (κ3) is 2.42. The fourth-order valence-corrected chi connectivity index (χ4v) is 0.460. The molecule has 0 saturated heterocycles. The Kier molecular flexibility index (Phi) is 3.17. The summed E-state index contributed by atoms with van der Waals surface area (Å²) >= 11 is 0. The van der Waals surface area contributed by atoms with Gasteiger partial charge in [0, 0.05) is 6.07 Å². The zero-order valence-corrected chi connectivity index (χ0v) is 5.29. The Morgan fingerprint density at radius 2 is 1.44 bits per heavy atom. The Labute approximate surface area is 57.9 Å². The lowest BCUT2D eigenvalue weighted by Gasteiger charge is -1.84. The first-order valence-corrected chi connectivity index (χ1v) is 2.20. The van der Waals surface area contributed by atoms with E-state index in [0.717, 1.165) is 6.07 Å². The smallest absolute Gasteiger partial charge is 0.126 e. The van der Waals surface area contributed by atoms with Gasteiger partial charge in [0.05, 0.1) is 0 Å². The highest BCUT2D eigenvalue weighted by Crippen LogP contribution is 1.99. The molecule has 3 heteroatoms. The molecule has 0 aliphatic heterocycles. The van der Waals surface area contributed by atoms with Gasteiger partial charge >= 0.3 is 0 Å². The lowest BCUT2D eigenvalue weighted by atomic mass is 10.3. The third-order valence-electron chi connectivity index (χ3n) is 0.787. The normalized spacial score (nSPS) is 8.22. The van der Waals surface area contributed by atoms with Gasteiger partial charge in [0.1, 0.15) is 11.6 Å². The highest BCUT2D eigenvalue weighted by Gasteiger charge is 1.88. The van der Waals surface area contributed by atoms with E-state index in [0.29, 0.717) is 0 Å². The molecule has 0 radical (unpaired) electrons. The van der Waals surface area contributed by atoms with Crippen molar-refractivity contribution in [3.63, 3.8) is 0 Å². The maximum Gasteiger partial charge on any atom is 0.126 e. The van der Waals surface area contributed by atoms with Gasteiger partial charge in [0.15, 0.2) is 0 Å². The standard InChI is InChI=1S/C6H4F2.ClH/c7-5-2-1-3-6(8)4-5;/h1-4H;1H. The third-order valence-corrected chi connectivity index (χ3v) is 0.787. The molecular weight excluding hydrogens is 146 g/mol. The van der Waals surface area contributed by atoms with E-state index in [-0.39, 0.29) is 12.4 Å². The van der Waals surface area contributed by atoms with Gasteiger partial charge in [-0.1, -0.05) is 6.07 Å². The summed E-state index contributed by atoms with van der Waals surface area (Å²) in [6.45, 7) is 0. The lowest BCUT2D eigenvalue weighted by molar-refractivity contribution is 0.583. The Hall–Kier alpha value is -0.630. The molecule has 1 aromatic carbocycles. The lowest BCUT2D eigenvalue weighted by Crippen LogP contribution is -1.73. The molecule has 0 heterocycles. The zero-order chi connectivity index (χ0) is 5.98. The summed E-state index contributed by atoms with van der Waals surface area (Å²) in [6, 6.07) is 4.55. The summed E-state index contributed by atoms with van der Waals surface area (Å²) in [4.78, 5) is 0. The van der Waals surface area contributed by atoms with Crippen LogP contribution in [0.5, 0.6) is 0 Å². The summed E-state index contributed by atoms with van der Waals surface area (Å²) in [5, 5.41) is 0. The van der Waals surface area contributed by atoms with Crippen molar-refractivity contribution in [2.75, 3.05) is 0 Å². The Morgan fingerprint density at radius 3 is 1.67 bits per heavy atom. The fraction of sp³-hybridized carbons (Fsp3) is 0. The minimum Gasteiger partial charge on any atom is -0.207 e. The molecule has 0 unspecified atom stereocenters. The molecule has 0 aliphatic carbocycles. The molecule has 0 saturated carbocycles. The van der Waals surface area contributed by atoms with Crippen LogP contribution >= 0.6 is 12.4 Å². The van der Waals surface area contributed by atoms with Crippen LogP contribution in [-0.2, 0) is 0 Å². The van der Waals surface area contributed by atoms with Crippen LogP contribution in [0.25, 0.3) is 0 Å². The van der Waals surface area contributed by atoms with Crippen molar-refractivity contribution in [1.29, 1.82) is 0 Å². The number of benzene rings is 1. The van der Waals surface area contributed by atoms with E-state index in [1.54, 1.807) is 0 Å². The van der Waals surface area contributed by atoms with Crippen molar-refractivity contribution in [3.8, 4) is 0 Å². The van der Waals surface area contributed by atoms with Gasteiger partial charge < -0.3 is 0 Å². The first kappa shape index (κ1) is 8.37. The first-order chi connectivity index (χ1) is 3.79. The van der Waals surface area contributed by atoms with Crippen LogP contribution in [0.3, 0.4) is 0 Å². The molecule has 0 N–H and O–H groups in total. The van der Waals surface area contributed by atoms with Crippen LogP contribution in [0.2, 0.25) is 0 Å². The van der Waals surface area contributed by atoms with Crippen molar-refractivity contribution in [2.45, 2.75) is 0 Å². The monoisotopic (exact) mass is 150 g/mol. The van der Waals surface area contributed by atoms with E-state index in [9.17, 15) is 8.78 Å². The quantitative estimate of drug-likeness (QED) is 0.533. The van der Waals surface area contributed by atoms with E-state index in [1.165, 1.54) is 18.2 Å². The predicted molar refractivity (Wildman–Crippen MR) is 33.6 cm³/mol. The zero-order valence-electron chi connectivity index (χ0n) is 4.47. The molecule has 9 heavy (non-hydrogen) atoms. The number of hydrogen-bond donors (Lipinski definition) is 0. The van der Waals surface area contributed by atoms with E-state index in [2.05, 4.69) is 0 Å². The van der Waals surface area contributed by atoms with Gasteiger partial charge in [0.2, 0.25) is 0 Å². The van der Waals surface area contributed by atoms with Crippen molar-refractivity contribution >= 4 is 12.4 Å². The average molecular weight is 151 g/mol. The van der Waals surface area contributed by atoms with Crippen LogP contribution < -0.4 is 0 Å². The molecule has 0 bridgehead atoms. The van der Waals surface area contributed by atoms with Crippen molar-refractivity contribution in [2.24, 2.45) is 0 Å². The summed E-state index contributed by atoms with van der Waals surface area (Å²) < 4.78 is 23.9. The summed E-state index contributed by atoms with van der Waals surface area (Å²) in [5.74, 6) is -1.07. The molecule has 0 fully saturated rings. The number of halogens is 3. The van der Waals surface area contributed by atoms with Crippen molar-refractivity contribution in [3.05, 3.63) is 35.9 Å². The van der Waals surface area contributed by atoms with Gasteiger partial charge in [-0.05, 0) is 12.1 Å². The highest BCUT2D eigenvalue weighted by molar-refractivity contribution is 5.85. The minimum absolute atomic E-state index is 0. The summed E-state index contributed by atoms with van der Waals surface area (Å²) in [7, 11) is 0. The number of hydrogen-bond acceptors (Lipinski definition) is 0. The van der Waals surface area contributed by atoms with Crippen LogP contribution in [-0.4, -0.2) is 0 Å². The van der Waals surface area contributed by atoms with Crippen LogP contribution in [0, 0.1) is 11.6 Å². The Balaban J connectivity index is 0.000000640. The van der Waals surface area contributed by atoms with Crippen LogP contribution in [0.1, 0.15) is 0 Å². The van der Waals surface area contributed by atoms with Gasteiger partial charge in [-0.3, -0.25) is 0 Å². The average Bonchev–Trinajstić information content (AvgIpc) is 1.64. The molecule has 1 aromatic rings. The molecule has 0 aliphatic rings. The largest absolute Gasteiger partial charge is 0.207 e.